The summed E-state index contributed by atoms with van der Waals surface area (Å²) in [6.07, 6.45) is 1.42. The van der Waals surface area contributed by atoms with Crippen LogP contribution < -0.4 is 0 Å². The maximum atomic E-state index is 12.8. The topological polar surface area (TPSA) is 41.9 Å². The number of oxime groups is 1. The third-order valence-electron chi connectivity index (χ3n) is 4.60. The standard InChI is InChI=1S/C21H24N2O2/c1-3-19(16-10-6-4-7-11-16)21(24)23(2)15-18-14-20(22-25-18)17-12-8-5-9-13-17/h4-13,18-19H,3,14-15H2,1-2H3. The van der Waals surface area contributed by atoms with Crippen molar-refractivity contribution in [1.29, 1.82) is 0 Å². The number of carbonyl (C=O) groups excluding carboxylic acids is 1. The molecular weight excluding hydrogens is 312 g/mol. The summed E-state index contributed by atoms with van der Waals surface area (Å²) in [6.45, 7) is 2.59. The zero-order valence-corrected chi connectivity index (χ0v) is 14.8. The summed E-state index contributed by atoms with van der Waals surface area (Å²) in [5.74, 6) is 0.0209. The van der Waals surface area contributed by atoms with Gasteiger partial charge in [0, 0.05) is 13.5 Å². The maximum absolute atomic E-state index is 12.8. The number of carbonyl (C=O) groups is 1. The van der Waals surface area contributed by atoms with Gasteiger partial charge in [0.05, 0.1) is 18.2 Å². The summed E-state index contributed by atoms with van der Waals surface area (Å²) in [5, 5.41) is 4.20. The van der Waals surface area contributed by atoms with Gasteiger partial charge in [0.15, 0.2) is 6.10 Å². The van der Waals surface area contributed by atoms with Crippen molar-refractivity contribution in [3.05, 3.63) is 71.8 Å². The molecule has 1 aliphatic rings. The zero-order valence-electron chi connectivity index (χ0n) is 14.8. The fourth-order valence-electron chi connectivity index (χ4n) is 3.23. The number of amides is 1. The summed E-state index contributed by atoms with van der Waals surface area (Å²) < 4.78 is 0. The quantitative estimate of drug-likeness (QED) is 0.804. The van der Waals surface area contributed by atoms with E-state index in [2.05, 4.69) is 5.16 Å². The first-order valence-electron chi connectivity index (χ1n) is 8.77. The number of nitrogens with zero attached hydrogens (tertiary/aromatic N) is 2. The van der Waals surface area contributed by atoms with E-state index >= 15 is 0 Å². The van der Waals surface area contributed by atoms with Crippen LogP contribution in [0.25, 0.3) is 0 Å². The van der Waals surface area contributed by atoms with E-state index in [1.165, 1.54) is 0 Å². The number of likely N-dealkylation sites (N-methyl/N-ethyl adjacent to an activating group) is 1. The van der Waals surface area contributed by atoms with Crippen molar-refractivity contribution in [2.75, 3.05) is 13.6 Å². The fraction of sp³-hybridized carbons (Fsp3) is 0.333. The molecule has 1 amide bonds. The van der Waals surface area contributed by atoms with Crippen LogP contribution in [0.15, 0.2) is 65.8 Å². The molecule has 2 unspecified atom stereocenters. The second-order valence-electron chi connectivity index (χ2n) is 6.43. The Bertz CT molecular complexity index is 728. The van der Waals surface area contributed by atoms with Crippen molar-refractivity contribution >= 4 is 11.6 Å². The summed E-state index contributed by atoms with van der Waals surface area (Å²) in [7, 11) is 1.85. The minimum absolute atomic E-state index is 0.0857. The van der Waals surface area contributed by atoms with Crippen LogP contribution in [0.4, 0.5) is 0 Å². The molecular formula is C21H24N2O2. The normalized spacial score (nSPS) is 17.5. The maximum Gasteiger partial charge on any atom is 0.229 e. The van der Waals surface area contributed by atoms with Gasteiger partial charge >= 0.3 is 0 Å². The first-order valence-corrected chi connectivity index (χ1v) is 8.77. The van der Waals surface area contributed by atoms with Crippen LogP contribution >= 0.6 is 0 Å². The summed E-state index contributed by atoms with van der Waals surface area (Å²) >= 11 is 0. The third kappa shape index (κ3) is 4.08. The Labute approximate surface area is 149 Å². The molecule has 2 aromatic carbocycles. The Morgan fingerprint density at radius 2 is 1.80 bits per heavy atom. The number of benzene rings is 2. The average molecular weight is 336 g/mol. The van der Waals surface area contributed by atoms with Crippen molar-refractivity contribution in [3.63, 3.8) is 0 Å². The van der Waals surface area contributed by atoms with Crippen LogP contribution in [-0.2, 0) is 9.63 Å². The average Bonchev–Trinajstić information content (AvgIpc) is 3.12. The Hall–Kier alpha value is -2.62. The molecule has 25 heavy (non-hydrogen) atoms. The van der Waals surface area contributed by atoms with Gasteiger partial charge in [-0.2, -0.15) is 0 Å². The first-order chi connectivity index (χ1) is 12.2. The van der Waals surface area contributed by atoms with Gasteiger partial charge in [0.2, 0.25) is 5.91 Å². The van der Waals surface area contributed by atoms with E-state index in [0.29, 0.717) is 6.54 Å². The number of hydrogen-bond acceptors (Lipinski definition) is 3. The van der Waals surface area contributed by atoms with E-state index in [-0.39, 0.29) is 17.9 Å². The van der Waals surface area contributed by atoms with E-state index < -0.39 is 0 Å². The molecule has 130 valence electrons. The highest BCUT2D eigenvalue weighted by Crippen LogP contribution is 2.23. The Morgan fingerprint density at radius 1 is 1.16 bits per heavy atom. The van der Waals surface area contributed by atoms with Gasteiger partial charge in [-0.1, -0.05) is 72.7 Å². The predicted octanol–water partition coefficient (Wildman–Crippen LogP) is 3.83. The molecule has 0 N–H and O–H groups in total. The Balaban J connectivity index is 1.59. The van der Waals surface area contributed by atoms with E-state index in [1.807, 2.05) is 74.6 Å². The van der Waals surface area contributed by atoms with Crippen LogP contribution in [0, 0.1) is 0 Å². The van der Waals surface area contributed by atoms with E-state index in [9.17, 15) is 4.79 Å². The molecule has 0 saturated carbocycles. The smallest absolute Gasteiger partial charge is 0.229 e. The van der Waals surface area contributed by atoms with Crippen molar-refractivity contribution in [2.24, 2.45) is 5.16 Å². The van der Waals surface area contributed by atoms with E-state index in [4.69, 9.17) is 4.84 Å². The molecule has 0 spiro atoms. The molecule has 0 radical (unpaired) electrons. The van der Waals surface area contributed by atoms with Crippen molar-refractivity contribution < 1.29 is 9.63 Å². The lowest BCUT2D eigenvalue weighted by molar-refractivity contribution is -0.133. The third-order valence-corrected chi connectivity index (χ3v) is 4.60. The lowest BCUT2D eigenvalue weighted by Crippen LogP contribution is -2.37. The monoisotopic (exact) mass is 336 g/mol. The molecule has 2 atom stereocenters. The van der Waals surface area contributed by atoms with Crippen LogP contribution in [-0.4, -0.2) is 36.2 Å². The van der Waals surface area contributed by atoms with Crippen LogP contribution in [0.5, 0.6) is 0 Å². The molecule has 3 rings (SSSR count). The summed E-state index contributed by atoms with van der Waals surface area (Å²) in [5.41, 5.74) is 3.09. The number of hydrogen-bond donors (Lipinski definition) is 0. The molecule has 4 nitrogen and oxygen atoms in total. The Kier molecular flexibility index (Phi) is 5.49. The fourth-order valence-corrected chi connectivity index (χ4v) is 3.23. The molecule has 4 heteroatoms. The minimum Gasteiger partial charge on any atom is -0.390 e. The van der Waals surface area contributed by atoms with Crippen molar-refractivity contribution in [3.8, 4) is 0 Å². The molecule has 0 fully saturated rings. The number of rotatable bonds is 6. The van der Waals surface area contributed by atoms with E-state index in [0.717, 1.165) is 29.7 Å². The van der Waals surface area contributed by atoms with Crippen molar-refractivity contribution in [2.45, 2.75) is 31.8 Å². The van der Waals surface area contributed by atoms with Crippen molar-refractivity contribution in [1.82, 2.24) is 4.90 Å². The van der Waals surface area contributed by atoms with Crippen LogP contribution in [0.2, 0.25) is 0 Å². The largest absolute Gasteiger partial charge is 0.390 e. The van der Waals surface area contributed by atoms with Gasteiger partial charge in [0.25, 0.3) is 0 Å². The summed E-state index contributed by atoms with van der Waals surface area (Å²) in [6, 6.07) is 20.0. The van der Waals surface area contributed by atoms with Crippen LogP contribution in [0.3, 0.4) is 0 Å². The predicted molar refractivity (Wildman–Crippen MR) is 99.6 cm³/mol. The van der Waals surface area contributed by atoms with Gasteiger partial charge in [-0.15, -0.1) is 0 Å². The lowest BCUT2D eigenvalue weighted by atomic mass is 9.95. The van der Waals surface area contributed by atoms with Gasteiger partial charge in [0.1, 0.15) is 0 Å². The lowest BCUT2D eigenvalue weighted by Gasteiger charge is -2.25. The Morgan fingerprint density at radius 3 is 2.44 bits per heavy atom. The zero-order chi connectivity index (χ0) is 17.6. The highest BCUT2D eigenvalue weighted by molar-refractivity contribution is 6.01. The molecule has 0 bridgehead atoms. The molecule has 0 aliphatic carbocycles. The second-order valence-corrected chi connectivity index (χ2v) is 6.43. The van der Waals surface area contributed by atoms with Gasteiger partial charge in [-0.05, 0) is 17.5 Å². The van der Waals surface area contributed by atoms with Gasteiger partial charge < -0.3 is 9.74 Å². The molecule has 0 saturated heterocycles. The minimum atomic E-state index is -0.109. The molecule has 1 aliphatic heterocycles. The van der Waals surface area contributed by atoms with E-state index in [1.54, 1.807) is 4.90 Å². The molecule has 2 aromatic rings. The van der Waals surface area contributed by atoms with Gasteiger partial charge in [-0.3, -0.25) is 4.79 Å². The van der Waals surface area contributed by atoms with Gasteiger partial charge in [-0.25, -0.2) is 0 Å². The molecule has 1 heterocycles. The summed E-state index contributed by atoms with van der Waals surface area (Å²) in [4.78, 5) is 20.2. The highest BCUT2D eigenvalue weighted by atomic mass is 16.6. The SMILES string of the molecule is CCC(C(=O)N(C)CC1CC(c2ccccc2)=NO1)c1ccccc1. The molecule has 0 aromatic heterocycles. The van der Waals surface area contributed by atoms with Crippen LogP contribution in [0.1, 0.15) is 36.8 Å². The highest BCUT2D eigenvalue weighted by Gasteiger charge is 2.28. The first kappa shape index (κ1) is 17.2. The second kappa shape index (κ2) is 7.97.